The number of carbonyl (C=O) groups excluding carboxylic acids is 3. The lowest BCUT2D eigenvalue weighted by molar-refractivity contribution is -0.156. The first-order valence-electron chi connectivity index (χ1n) is 15.0. The van der Waals surface area contributed by atoms with Crippen molar-refractivity contribution in [2.75, 3.05) is 33.7 Å². The van der Waals surface area contributed by atoms with E-state index in [9.17, 15) is 14.4 Å². The van der Waals surface area contributed by atoms with Gasteiger partial charge in [-0.15, -0.1) is 0 Å². The molecule has 11 nitrogen and oxygen atoms in total. The van der Waals surface area contributed by atoms with Gasteiger partial charge in [0.1, 0.15) is 18.8 Å². The molecule has 0 bridgehead atoms. The van der Waals surface area contributed by atoms with Gasteiger partial charge in [0.2, 0.25) is 6.79 Å². The molecule has 0 radical (unpaired) electrons. The van der Waals surface area contributed by atoms with Crippen LogP contribution < -0.4 is 14.8 Å². The molecule has 44 heavy (non-hydrogen) atoms. The fourth-order valence-electron chi connectivity index (χ4n) is 4.98. The number of amides is 1. The number of benzene rings is 1. The molecule has 3 rings (SSSR count). The summed E-state index contributed by atoms with van der Waals surface area (Å²) in [5.74, 6) is -1.65. The van der Waals surface area contributed by atoms with Crippen LogP contribution in [0.5, 0.6) is 11.5 Å². The Kier molecular flexibility index (Phi) is 15.1. The Bertz CT molecular complexity index is 1210. The molecule has 2 heterocycles. The molecule has 1 aromatic carbocycles. The van der Waals surface area contributed by atoms with Crippen LogP contribution in [0, 0.1) is 9.49 Å². The number of unbranched alkanes of at least 4 members (excludes halogenated alkanes) is 1. The quantitative estimate of drug-likeness (QED) is 0.154. The van der Waals surface area contributed by atoms with Crippen LogP contribution in [0.15, 0.2) is 36.5 Å². The first-order chi connectivity index (χ1) is 21.3. The van der Waals surface area contributed by atoms with Crippen molar-refractivity contribution < 1.29 is 42.8 Å². The number of aromatic nitrogens is 1. The summed E-state index contributed by atoms with van der Waals surface area (Å²) < 4.78 is 34.5. The van der Waals surface area contributed by atoms with Crippen LogP contribution in [0.3, 0.4) is 0 Å². The Balaban J connectivity index is 1.72. The second-order valence-electron chi connectivity index (χ2n) is 10.4. The number of carbonyl (C=O) groups is 3. The Hall–Kier alpha value is -2.97. The van der Waals surface area contributed by atoms with E-state index in [4.69, 9.17) is 28.4 Å². The van der Waals surface area contributed by atoms with Gasteiger partial charge in [0.25, 0.3) is 5.91 Å². The van der Waals surface area contributed by atoms with Gasteiger partial charge in [-0.05, 0) is 73.4 Å². The van der Waals surface area contributed by atoms with E-state index in [-0.39, 0.29) is 48.8 Å². The number of rotatable bonds is 15. The van der Waals surface area contributed by atoms with Crippen molar-refractivity contribution in [1.82, 2.24) is 10.3 Å². The van der Waals surface area contributed by atoms with Crippen LogP contribution in [0.25, 0.3) is 0 Å². The number of aryl methyl sites for hydroxylation is 1. The number of nitrogens with zero attached hydrogens (tertiary/aromatic N) is 1. The first-order valence-corrected chi connectivity index (χ1v) is 16.1. The maximum absolute atomic E-state index is 13.4. The summed E-state index contributed by atoms with van der Waals surface area (Å²) in [7, 11) is 1.41. The van der Waals surface area contributed by atoms with E-state index in [0.29, 0.717) is 6.61 Å². The van der Waals surface area contributed by atoms with Gasteiger partial charge < -0.3 is 33.7 Å². The molecule has 0 aliphatic carbocycles. The second kappa shape index (κ2) is 18.7. The van der Waals surface area contributed by atoms with Crippen LogP contribution in [0.2, 0.25) is 0 Å². The normalized spacial score (nSPS) is 20.4. The summed E-state index contributed by atoms with van der Waals surface area (Å²) in [4.78, 5) is 42.7. The summed E-state index contributed by atoms with van der Waals surface area (Å²) in [5.41, 5.74) is 1.09. The van der Waals surface area contributed by atoms with Crippen molar-refractivity contribution in [3.63, 3.8) is 0 Å². The topological polar surface area (TPSA) is 132 Å². The minimum atomic E-state index is -0.975. The Morgan fingerprint density at radius 3 is 2.61 bits per heavy atom. The molecule has 1 saturated heterocycles. The molecule has 1 fully saturated rings. The van der Waals surface area contributed by atoms with E-state index in [0.717, 1.165) is 32.1 Å². The van der Waals surface area contributed by atoms with Crippen molar-refractivity contribution in [1.29, 1.82) is 0 Å². The molecule has 4 atom stereocenters. The summed E-state index contributed by atoms with van der Waals surface area (Å²) in [6.07, 6.45) is 5.58. The third-order valence-electron chi connectivity index (χ3n) is 7.38. The van der Waals surface area contributed by atoms with Crippen molar-refractivity contribution in [3.8, 4) is 11.5 Å². The van der Waals surface area contributed by atoms with Crippen molar-refractivity contribution in [2.24, 2.45) is 5.92 Å². The van der Waals surface area contributed by atoms with Gasteiger partial charge in [0.15, 0.2) is 17.2 Å². The molecule has 1 aliphatic rings. The number of cyclic esters (lactones) is 1. The molecule has 0 unspecified atom stereocenters. The number of methoxy groups -OCH3 is 1. The van der Waals surface area contributed by atoms with Crippen LogP contribution in [0.4, 0.5) is 0 Å². The Labute approximate surface area is 272 Å². The standard InChI is InChI=1S/C32H43IN2O9/c1-5-7-8-24-21(3)44-32(38)25(16-18-41-26(24)14-11-22-9-12-23(33)13-10-22)35-31(37)29-30(27(39-4)15-17-34-29)43-20-42-28(36)19-40-6-2/h9-10,12-13,15,17,21,24-26H,5-8,11,14,16,18-20H2,1-4H3,(H,35,37)/t21-,24-,25-,26+/m0/s1. The molecule has 2 aromatic rings. The molecule has 242 valence electrons. The molecule has 1 N–H and O–H groups in total. The maximum atomic E-state index is 13.4. The Morgan fingerprint density at radius 1 is 1.14 bits per heavy atom. The van der Waals surface area contributed by atoms with E-state index in [1.807, 2.05) is 6.92 Å². The molecule has 0 saturated carbocycles. The lowest BCUT2D eigenvalue weighted by Crippen LogP contribution is -2.44. The number of esters is 2. The molecule has 1 amide bonds. The summed E-state index contributed by atoms with van der Waals surface area (Å²) in [6, 6.07) is 8.97. The zero-order valence-electron chi connectivity index (χ0n) is 25.8. The summed E-state index contributed by atoms with van der Waals surface area (Å²) in [6.45, 7) is 5.68. The Morgan fingerprint density at radius 2 is 1.91 bits per heavy atom. The SMILES string of the molecule is CCCC[C@H]1[C@H](C)OC(=O)[C@@H](NC(=O)c2nccc(OC)c2OCOC(=O)COCC)CCO[C@@H]1CCc1ccc(I)cc1. The highest BCUT2D eigenvalue weighted by Gasteiger charge is 2.35. The summed E-state index contributed by atoms with van der Waals surface area (Å²) in [5, 5.41) is 2.74. The number of halogens is 1. The largest absolute Gasteiger partial charge is 0.493 e. The van der Waals surface area contributed by atoms with E-state index >= 15 is 0 Å². The van der Waals surface area contributed by atoms with Gasteiger partial charge in [-0.1, -0.05) is 31.9 Å². The van der Waals surface area contributed by atoms with Crippen molar-refractivity contribution in [3.05, 3.63) is 51.4 Å². The zero-order valence-corrected chi connectivity index (χ0v) is 28.0. The van der Waals surface area contributed by atoms with Crippen molar-refractivity contribution >= 4 is 40.4 Å². The molecular weight excluding hydrogens is 683 g/mol. The van der Waals surface area contributed by atoms with Crippen LogP contribution in [-0.4, -0.2) is 74.8 Å². The highest BCUT2D eigenvalue weighted by atomic mass is 127. The zero-order chi connectivity index (χ0) is 31.9. The average Bonchev–Trinajstić information content (AvgIpc) is 3.06. The maximum Gasteiger partial charge on any atom is 0.334 e. The van der Waals surface area contributed by atoms with Gasteiger partial charge in [-0.3, -0.25) is 4.79 Å². The molecule has 1 aromatic heterocycles. The van der Waals surface area contributed by atoms with Gasteiger partial charge >= 0.3 is 11.9 Å². The minimum Gasteiger partial charge on any atom is -0.493 e. The highest BCUT2D eigenvalue weighted by Crippen LogP contribution is 2.31. The lowest BCUT2D eigenvalue weighted by Gasteiger charge is -2.31. The molecular formula is C32H43IN2O9. The predicted molar refractivity (Wildman–Crippen MR) is 171 cm³/mol. The molecule has 0 spiro atoms. The van der Waals surface area contributed by atoms with E-state index in [1.54, 1.807) is 6.92 Å². The molecule has 12 heteroatoms. The monoisotopic (exact) mass is 726 g/mol. The first kappa shape index (κ1) is 35.5. The smallest absolute Gasteiger partial charge is 0.334 e. The van der Waals surface area contributed by atoms with Crippen LogP contribution >= 0.6 is 22.6 Å². The van der Waals surface area contributed by atoms with E-state index in [2.05, 4.69) is 64.1 Å². The number of hydrogen-bond acceptors (Lipinski definition) is 10. The summed E-state index contributed by atoms with van der Waals surface area (Å²) >= 11 is 2.29. The van der Waals surface area contributed by atoms with Gasteiger partial charge in [-0.2, -0.15) is 0 Å². The van der Waals surface area contributed by atoms with E-state index in [1.165, 1.54) is 28.5 Å². The van der Waals surface area contributed by atoms with Crippen LogP contribution in [-0.2, 0) is 35.0 Å². The third kappa shape index (κ3) is 10.9. The lowest BCUT2D eigenvalue weighted by atomic mass is 9.87. The molecule has 1 aliphatic heterocycles. The minimum absolute atomic E-state index is 0.0164. The van der Waals surface area contributed by atoms with Gasteiger partial charge in [0, 0.05) is 41.4 Å². The van der Waals surface area contributed by atoms with Crippen molar-refractivity contribution in [2.45, 2.75) is 77.5 Å². The number of ether oxygens (including phenoxy) is 6. The van der Waals surface area contributed by atoms with Crippen LogP contribution in [0.1, 0.15) is 68.9 Å². The van der Waals surface area contributed by atoms with Gasteiger partial charge in [-0.25, -0.2) is 14.6 Å². The third-order valence-corrected chi connectivity index (χ3v) is 8.10. The highest BCUT2D eigenvalue weighted by molar-refractivity contribution is 14.1. The van der Waals surface area contributed by atoms with E-state index < -0.39 is 36.8 Å². The predicted octanol–water partition coefficient (Wildman–Crippen LogP) is 4.87. The van der Waals surface area contributed by atoms with Gasteiger partial charge in [0.05, 0.1) is 13.2 Å². The fraction of sp³-hybridized carbons (Fsp3) is 0.562. The fourth-order valence-corrected chi connectivity index (χ4v) is 5.34. The number of nitrogens with one attached hydrogen (secondary N) is 1. The number of hydrogen-bond donors (Lipinski definition) is 1. The average molecular weight is 727 g/mol. The number of pyridine rings is 1. The second-order valence-corrected chi connectivity index (χ2v) is 11.7.